The molecule has 1 aromatic carbocycles. The molecule has 5 heteroatoms. The van der Waals surface area contributed by atoms with Crippen molar-refractivity contribution < 1.29 is 14.2 Å². The topological polar surface area (TPSA) is 42.4 Å². The molecule has 2 rings (SSSR count). The molecular weight excluding hydrogens is 289 g/mol. The maximum atomic E-state index is 13.7. The zero-order valence-corrected chi connectivity index (χ0v) is 10.7. The minimum absolute atomic E-state index is 0.239. The van der Waals surface area contributed by atoms with E-state index in [1.54, 1.807) is 12.1 Å². The molecule has 2 aromatic rings. The van der Waals surface area contributed by atoms with Crippen molar-refractivity contribution in [2.75, 3.05) is 12.4 Å². The van der Waals surface area contributed by atoms with Crippen molar-refractivity contribution in [3.8, 4) is 5.75 Å². The summed E-state index contributed by atoms with van der Waals surface area (Å²) in [6.45, 7) is 0. The van der Waals surface area contributed by atoms with Gasteiger partial charge in [-0.3, -0.25) is 4.98 Å². The van der Waals surface area contributed by atoms with Crippen LogP contribution in [0.25, 0.3) is 10.9 Å². The van der Waals surface area contributed by atoms with E-state index in [1.807, 2.05) is 0 Å². The Balaban J connectivity index is 2.73. The number of alkyl halides is 1. The summed E-state index contributed by atoms with van der Waals surface area (Å²) in [7, 11) is 1.47. The second-order valence-electron chi connectivity index (χ2n) is 3.58. The molecule has 1 heterocycles. The summed E-state index contributed by atoms with van der Waals surface area (Å²) in [5, 5.41) is 10.8. The molecule has 3 nitrogen and oxygen atoms in total. The molecular formula is C12H11BrFNO2. The first-order valence-corrected chi connectivity index (χ1v) is 6.15. The van der Waals surface area contributed by atoms with Gasteiger partial charge in [-0.2, -0.15) is 0 Å². The van der Waals surface area contributed by atoms with Gasteiger partial charge in [0, 0.05) is 23.0 Å². The first-order valence-electron chi connectivity index (χ1n) is 5.03. The van der Waals surface area contributed by atoms with Crippen LogP contribution in [0.4, 0.5) is 4.39 Å². The Morgan fingerprint density at radius 1 is 1.53 bits per heavy atom. The number of aromatic nitrogens is 1. The Morgan fingerprint density at radius 2 is 2.29 bits per heavy atom. The molecule has 0 amide bonds. The van der Waals surface area contributed by atoms with E-state index >= 15 is 0 Å². The van der Waals surface area contributed by atoms with E-state index in [2.05, 4.69) is 20.9 Å². The minimum atomic E-state index is -0.702. The molecule has 1 unspecified atom stereocenters. The molecule has 90 valence electrons. The van der Waals surface area contributed by atoms with Crippen molar-refractivity contribution in [3.63, 3.8) is 0 Å². The normalized spacial score (nSPS) is 12.7. The van der Waals surface area contributed by atoms with Gasteiger partial charge in [0.25, 0.3) is 0 Å². The Bertz CT molecular complexity index is 547. The average Bonchev–Trinajstić information content (AvgIpc) is 2.37. The number of pyridine rings is 1. The first-order chi connectivity index (χ1) is 8.17. The van der Waals surface area contributed by atoms with Crippen molar-refractivity contribution in [3.05, 3.63) is 35.8 Å². The Labute approximate surface area is 106 Å². The van der Waals surface area contributed by atoms with E-state index in [-0.39, 0.29) is 5.52 Å². The number of hydrogen-bond acceptors (Lipinski definition) is 3. The van der Waals surface area contributed by atoms with Gasteiger partial charge in [-0.25, -0.2) is 4.39 Å². The molecule has 0 radical (unpaired) electrons. The molecule has 0 aliphatic carbocycles. The van der Waals surface area contributed by atoms with Crippen molar-refractivity contribution >= 4 is 26.8 Å². The second kappa shape index (κ2) is 4.98. The summed E-state index contributed by atoms with van der Waals surface area (Å²) in [5.41, 5.74) is 0.868. The van der Waals surface area contributed by atoms with E-state index in [1.165, 1.54) is 19.4 Å². The monoisotopic (exact) mass is 299 g/mol. The zero-order chi connectivity index (χ0) is 12.4. The fourth-order valence-electron chi connectivity index (χ4n) is 1.70. The van der Waals surface area contributed by atoms with E-state index in [4.69, 9.17) is 4.74 Å². The van der Waals surface area contributed by atoms with Crippen LogP contribution in [0.1, 0.15) is 11.7 Å². The van der Waals surface area contributed by atoms with E-state index in [0.29, 0.717) is 22.0 Å². The van der Waals surface area contributed by atoms with E-state index in [0.717, 1.165) is 0 Å². The lowest BCUT2D eigenvalue weighted by molar-refractivity contribution is 0.207. The Kier molecular flexibility index (Phi) is 3.59. The molecule has 1 aromatic heterocycles. The van der Waals surface area contributed by atoms with Crippen molar-refractivity contribution in [1.29, 1.82) is 0 Å². The number of nitrogens with zero attached hydrogens (tertiary/aromatic N) is 1. The number of methoxy groups -OCH3 is 1. The first kappa shape index (κ1) is 12.3. The predicted molar refractivity (Wildman–Crippen MR) is 67.0 cm³/mol. The second-order valence-corrected chi connectivity index (χ2v) is 4.22. The van der Waals surface area contributed by atoms with Gasteiger partial charge in [0.1, 0.15) is 11.3 Å². The van der Waals surface area contributed by atoms with Gasteiger partial charge in [-0.15, -0.1) is 0 Å². The fraction of sp³-hybridized carbons (Fsp3) is 0.250. The van der Waals surface area contributed by atoms with Crippen molar-refractivity contribution in [2.24, 2.45) is 0 Å². The van der Waals surface area contributed by atoms with E-state index in [9.17, 15) is 9.50 Å². The number of aliphatic hydroxyl groups excluding tert-OH is 1. The summed E-state index contributed by atoms with van der Waals surface area (Å²) in [5.74, 6) is -0.0472. The molecule has 0 saturated carbocycles. The summed E-state index contributed by atoms with van der Waals surface area (Å²) in [6, 6.07) is 4.62. The third kappa shape index (κ3) is 2.25. The zero-order valence-electron chi connectivity index (χ0n) is 9.15. The highest BCUT2D eigenvalue weighted by molar-refractivity contribution is 9.09. The molecule has 0 aliphatic heterocycles. The highest BCUT2D eigenvalue weighted by Crippen LogP contribution is 2.29. The van der Waals surface area contributed by atoms with Crippen LogP contribution in [-0.4, -0.2) is 22.5 Å². The number of hydrogen-bond donors (Lipinski definition) is 1. The number of aliphatic hydroxyl groups is 1. The quantitative estimate of drug-likeness (QED) is 0.886. The molecule has 1 N–H and O–H groups in total. The predicted octanol–water partition coefficient (Wildman–Crippen LogP) is 2.81. The van der Waals surface area contributed by atoms with Gasteiger partial charge in [-0.05, 0) is 17.7 Å². The Hall–Kier alpha value is -1.20. The largest absolute Gasteiger partial charge is 0.497 e. The average molecular weight is 300 g/mol. The molecule has 17 heavy (non-hydrogen) atoms. The lowest BCUT2D eigenvalue weighted by Crippen LogP contribution is -2.01. The van der Waals surface area contributed by atoms with Gasteiger partial charge >= 0.3 is 0 Å². The maximum Gasteiger partial charge on any atom is 0.153 e. The third-order valence-electron chi connectivity index (χ3n) is 2.55. The fourth-order valence-corrected chi connectivity index (χ4v) is 2.05. The van der Waals surface area contributed by atoms with Crippen LogP contribution in [0.3, 0.4) is 0 Å². The standard InChI is InChI=1S/C12H11BrFNO2/c1-17-7-4-9-8(11(16)6-13)2-3-15-12(9)10(14)5-7/h2-5,11,16H,6H2,1H3. The van der Waals surface area contributed by atoms with Crippen LogP contribution in [-0.2, 0) is 0 Å². The van der Waals surface area contributed by atoms with Gasteiger partial charge in [-0.1, -0.05) is 15.9 Å². The summed E-state index contributed by atoms with van der Waals surface area (Å²) < 4.78 is 18.8. The van der Waals surface area contributed by atoms with Crippen molar-refractivity contribution in [1.82, 2.24) is 4.98 Å². The maximum absolute atomic E-state index is 13.7. The van der Waals surface area contributed by atoms with Crippen LogP contribution >= 0.6 is 15.9 Å². The minimum Gasteiger partial charge on any atom is -0.497 e. The highest BCUT2D eigenvalue weighted by Gasteiger charge is 2.14. The van der Waals surface area contributed by atoms with Gasteiger partial charge in [0.15, 0.2) is 5.82 Å². The lowest BCUT2D eigenvalue weighted by atomic mass is 10.0. The van der Waals surface area contributed by atoms with Crippen LogP contribution in [0.15, 0.2) is 24.4 Å². The molecule has 0 spiro atoms. The third-order valence-corrected chi connectivity index (χ3v) is 3.16. The number of benzene rings is 1. The number of rotatable bonds is 3. The lowest BCUT2D eigenvalue weighted by Gasteiger charge is -2.12. The summed E-state index contributed by atoms with van der Waals surface area (Å²) in [4.78, 5) is 3.98. The molecule has 0 saturated heterocycles. The Morgan fingerprint density at radius 3 is 2.94 bits per heavy atom. The van der Waals surface area contributed by atoms with Crippen LogP contribution < -0.4 is 4.74 Å². The smallest absolute Gasteiger partial charge is 0.153 e. The molecule has 0 bridgehead atoms. The van der Waals surface area contributed by atoms with Crippen molar-refractivity contribution in [2.45, 2.75) is 6.10 Å². The SMILES string of the molecule is COc1cc(F)c2nccc(C(O)CBr)c2c1. The summed E-state index contributed by atoms with van der Waals surface area (Å²) >= 11 is 3.20. The summed E-state index contributed by atoms with van der Waals surface area (Å²) in [6.07, 6.45) is 0.783. The van der Waals surface area contributed by atoms with Crippen LogP contribution in [0, 0.1) is 5.82 Å². The van der Waals surface area contributed by atoms with Gasteiger partial charge < -0.3 is 9.84 Å². The number of fused-ring (bicyclic) bond motifs is 1. The molecule has 0 aliphatic rings. The number of ether oxygens (including phenoxy) is 1. The van der Waals surface area contributed by atoms with Gasteiger partial charge in [0.2, 0.25) is 0 Å². The molecule has 0 fully saturated rings. The highest BCUT2D eigenvalue weighted by atomic mass is 79.9. The van der Waals surface area contributed by atoms with E-state index < -0.39 is 11.9 Å². The number of halogens is 2. The molecule has 1 atom stereocenters. The van der Waals surface area contributed by atoms with Gasteiger partial charge in [0.05, 0.1) is 13.2 Å². The van der Waals surface area contributed by atoms with Crippen LogP contribution in [0.5, 0.6) is 5.75 Å². The van der Waals surface area contributed by atoms with Crippen LogP contribution in [0.2, 0.25) is 0 Å².